The van der Waals surface area contributed by atoms with E-state index in [1.807, 2.05) is 0 Å². The van der Waals surface area contributed by atoms with Gasteiger partial charge in [-0.1, -0.05) is 13.3 Å². The summed E-state index contributed by atoms with van der Waals surface area (Å²) in [5, 5.41) is 15.7. The third kappa shape index (κ3) is 5.18. The Bertz CT molecular complexity index is 359. The van der Waals surface area contributed by atoms with Gasteiger partial charge in [-0.05, 0) is 24.8 Å². The molecule has 6 heteroatoms. The number of aliphatic hydroxyl groups excluding tert-OH is 1. The van der Waals surface area contributed by atoms with Gasteiger partial charge in [0.1, 0.15) is 12.4 Å². The summed E-state index contributed by atoms with van der Waals surface area (Å²) in [4.78, 5) is 11.7. The van der Waals surface area contributed by atoms with E-state index in [-0.39, 0.29) is 19.1 Å². The topological polar surface area (TPSA) is 93.2 Å². The van der Waals surface area contributed by atoms with Gasteiger partial charge in [0.25, 0.3) is 0 Å². The molecule has 0 fully saturated rings. The highest BCUT2D eigenvalue weighted by molar-refractivity contribution is 5.75. The van der Waals surface area contributed by atoms with Crippen LogP contribution in [0.5, 0.6) is 0 Å². The minimum atomic E-state index is -0.0860. The second-order valence-corrected chi connectivity index (χ2v) is 4.41. The smallest absolute Gasteiger partial charge is 0.241 e. The molecule has 0 saturated heterocycles. The van der Waals surface area contributed by atoms with Crippen LogP contribution in [0.3, 0.4) is 0 Å². The maximum Gasteiger partial charge on any atom is 0.241 e. The molecule has 0 saturated carbocycles. The summed E-state index contributed by atoms with van der Waals surface area (Å²) < 4.78 is 1.51. The van der Waals surface area contributed by atoms with Crippen molar-refractivity contribution < 1.29 is 9.90 Å². The molecule has 0 aromatic carbocycles. The molecule has 0 radical (unpaired) electrons. The molecule has 1 atom stereocenters. The third-order valence-corrected chi connectivity index (χ3v) is 2.79. The van der Waals surface area contributed by atoms with E-state index in [0.717, 1.165) is 19.3 Å². The van der Waals surface area contributed by atoms with Gasteiger partial charge in [0, 0.05) is 19.3 Å². The third-order valence-electron chi connectivity index (χ3n) is 2.79. The van der Waals surface area contributed by atoms with Crippen LogP contribution in [0, 0.1) is 5.92 Å². The van der Waals surface area contributed by atoms with Crippen molar-refractivity contribution in [3.05, 3.63) is 12.3 Å². The van der Waals surface area contributed by atoms with Crippen LogP contribution >= 0.6 is 0 Å². The Labute approximate surface area is 107 Å². The minimum Gasteiger partial charge on any atom is -0.396 e. The van der Waals surface area contributed by atoms with E-state index in [0.29, 0.717) is 18.3 Å². The van der Waals surface area contributed by atoms with Crippen LogP contribution < -0.4 is 11.1 Å². The van der Waals surface area contributed by atoms with Crippen LogP contribution in [0.1, 0.15) is 26.2 Å². The average Bonchev–Trinajstić information content (AvgIpc) is 2.72. The predicted octanol–water partition coefficient (Wildman–Crippen LogP) is 0.380. The molecule has 4 N–H and O–H groups in total. The number of nitrogens with one attached hydrogen (secondary N) is 1. The molecule has 0 aliphatic carbocycles. The molecule has 1 rings (SSSR count). The summed E-state index contributed by atoms with van der Waals surface area (Å²) in [5.74, 6) is 0.663. The van der Waals surface area contributed by atoms with E-state index < -0.39 is 0 Å². The number of amides is 1. The Hall–Kier alpha value is -1.56. The number of nitrogens with zero attached hydrogens (tertiary/aromatic N) is 2. The minimum absolute atomic E-state index is 0.0860. The number of nitrogen functional groups attached to an aromatic ring is 1. The van der Waals surface area contributed by atoms with Crippen molar-refractivity contribution in [1.82, 2.24) is 15.1 Å². The van der Waals surface area contributed by atoms with Crippen molar-refractivity contribution in [3.63, 3.8) is 0 Å². The maximum absolute atomic E-state index is 11.7. The molecular weight excluding hydrogens is 232 g/mol. The number of hydrogen-bond acceptors (Lipinski definition) is 4. The van der Waals surface area contributed by atoms with Crippen LogP contribution in [0.4, 0.5) is 5.82 Å². The highest BCUT2D eigenvalue weighted by atomic mass is 16.3. The predicted molar refractivity (Wildman–Crippen MR) is 69.7 cm³/mol. The molecular formula is C12H22N4O2. The van der Waals surface area contributed by atoms with Crippen LogP contribution in [0.15, 0.2) is 12.3 Å². The summed E-state index contributed by atoms with van der Waals surface area (Å²) in [7, 11) is 0. The number of anilines is 1. The van der Waals surface area contributed by atoms with E-state index in [2.05, 4.69) is 17.3 Å². The lowest BCUT2D eigenvalue weighted by molar-refractivity contribution is -0.122. The molecule has 6 nitrogen and oxygen atoms in total. The maximum atomic E-state index is 11.7. The molecule has 18 heavy (non-hydrogen) atoms. The highest BCUT2D eigenvalue weighted by Crippen LogP contribution is 2.09. The Morgan fingerprint density at radius 2 is 2.39 bits per heavy atom. The van der Waals surface area contributed by atoms with Gasteiger partial charge in [-0.3, -0.25) is 9.48 Å². The number of carbonyl (C=O) groups is 1. The van der Waals surface area contributed by atoms with E-state index in [9.17, 15) is 4.79 Å². The lowest BCUT2D eigenvalue weighted by Crippen LogP contribution is -2.32. The average molecular weight is 254 g/mol. The molecule has 1 aromatic rings. The van der Waals surface area contributed by atoms with Gasteiger partial charge in [0.15, 0.2) is 0 Å². The molecule has 102 valence electrons. The summed E-state index contributed by atoms with van der Waals surface area (Å²) in [6.07, 6.45) is 4.46. The number of aromatic nitrogens is 2. The molecule has 0 spiro atoms. The molecule has 0 aliphatic rings. The fraction of sp³-hybridized carbons (Fsp3) is 0.667. The van der Waals surface area contributed by atoms with Crippen molar-refractivity contribution in [3.8, 4) is 0 Å². The van der Waals surface area contributed by atoms with Crippen LogP contribution in [0.2, 0.25) is 0 Å². The summed E-state index contributed by atoms with van der Waals surface area (Å²) in [6.45, 7) is 3.04. The van der Waals surface area contributed by atoms with E-state index in [4.69, 9.17) is 10.8 Å². The number of carbonyl (C=O) groups excluding carboxylic acids is 1. The zero-order valence-corrected chi connectivity index (χ0v) is 10.8. The van der Waals surface area contributed by atoms with Gasteiger partial charge >= 0.3 is 0 Å². The van der Waals surface area contributed by atoms with Gasteiger partial charge in [0.05, 0.1) is 0 Å². The molecule has 1 unspecified atom stereocenters. The Morgan fingerprint density at radius 1 is 1.61 bits per heavy atom. The fourth-order valence-electron chi connectivity index (χ4n) is 1.87. The van der Waals surface area contributed by atoms with Crippen molar-refractivity contribution in [2.24, 2.45) is 5.92 Å². The van der Waals surface area contributed by atoms with Crippen molar-refractivity contribution in [2.45, 2.75) is 32.7 Å². The van der Waals surface area contributed by atoms with Crippen LogP contribution in [-0.4, -0.2) is 33.9 Å². The van der Waals surface area contributed by atoms with Gasteiger partial charge in [-0.25, -0.2) is 0 Å². The summed E-state index contributed by atoms with van der Waals surface area (Å²) in [6, 6.07) is 1.65. The SMILES string of the molecule is CCCC(CCO)CNC(=O)Cn1ccc(N)n1. The molecule has 1 aromatic heterocycles. The first-order valence-corrected chi connectivity index (χ1v) is 6.32. The van der Waals surface area contributed by atoms with Crippen LogP contribution in [-0.2, 0) is 11.3 Å². The largest absolute Gasteiger partial charge is 0.396 e. The highest BCUT2D eigenvalue weighted by Gasteiger charge is 2.10. The fourth-order valence-corrected chi connectivity index (χ4v) is 1.87. The van der Waals surface area contributed by atoms with Gasteiger partial charge in [-0.15, -0.1) is 0 Å². The molecule has 1 heterocycles. The number of nitrogens with two attached hydrogens (primary N) is 1. The van der Waals surface area contributed by atoms with E-state index >= 15 is 0 Å². The normalized spacial score (nSPS) is 12.3. The zero-order chi connectivity index (χ0) is 13.4. The quantitative estimate of drug-likeness (QED) is 0.625. The first-order valence-electron chi connectivity index (χ1n) is 6.32. The monoisotopic (exact) mass is 254 g/mol. The van der Waals surface area contributed by atoms with E-state index in [1.165, 1.54) is 4.68 Å². The Balaban J connectivity index is 2.30. The number of rotatable bonds is 8. The van der Waals surface area contributed by atoms with Crippen molar-refractivity contribution in [2.75, 3.05) is 18.9 Å². The van der Waals surface area contributed by atoms with Crippen LogP contribution in [0.25, 0.3) is 0 Å². The first-order chi connectivity index (χ1) is 8.65. The van der Waals surface area contributed by atoms with Gasteiger partial charge < -0.3 is 16.2 Å². The summed E-state index contributed by atoms with van der Waals surface area (Å²) >= 11 is 0. The Morgan fingerprint density at radius 3 is 2.94 bits per heavy atom. The number of aliphatic hydroxyl groups is 1. The molecule has 0 bridgehead atoms. The van der Waals surface area contributed by atoms with Gasteiger partial charge in [-0.2, -0.15) is 5.10 Å². The van der Waals surface area contributed by atoms with E-state index in [1.54, 1.807) is 12.3 Å². The van der Waals surface area contributed by atoms with Crippen molar-refractivity contribution in [1.29, 1.82) is 0 Å². The first kappa shape index (κ1) is 14.5. The summed E-state index contributed by atoms with van der Waals surface area (Å²) in [5.41, 5.74) is 5.46. The lowest BCUT2D eigenvalue weighted by Gasteiger charge is -2.15. The molecule has 1 amide bonds. The second kappa shape index (κ2) is 7.71. The second-order valence-electron chi connectivity index (χ2n) is 4.41. The van der Waals surface area contributed by atoms with Gasteiger partial charge in [0.2, 0.25) is 5.91 Å². The number of hydrogen-bond donors (Lipinski definition) is 3. The standard InChI is InChI=1S/C12H22N4O2/c1-2-3-10(5-7-17)8-14-12(18)9-16-6-4-11(13)15-16/h4,6,10,17H,2-3,5,7-9H2,1H3,(H2,13,15)(H,14,18). The lowest BCUT2D eigenvalue weighted by atomic mass is 10.0. The Kier molecular flexibility index (Phi) is 6.21. The molecule has 0 aliphatic heterocycles. The van der Waals surface area contributed by atoms with Crippen molar-refractivity contribution >= 4 is 11.7 Å². The zero-order valence-electron chi connectivity index (χ0n) is 10.8.